The smallest absolute Gasteiger partial charge is 0.237 e. The quantitative estimate of drug-likeness (QED) is 0.377. The maximum absolute atomic E-state index is 12.5. The minimum Gasteiger partial charge on any atom is -0.457 e. The zero-order valence-electron chi connectivity index (χ0n) is 15.0. The molecule has 1 amide bonds. The van der Waals surface area contributed by atoms with Crippen molar-refractivity contribution in [1.82, 2.24) is 19.9 Å². The second-order valence-corrected chi connectivity index (χ2v) is 7.30. The number of imidazole rings is 1. The third kappa shape index (κ3) is 4.12. The number of para-hydroxylation sites is 1. The van der Waals surface area contributed by atoms with Gasteiger partial charge in [-0.3, -0.25) is 4.79 Å². The van der Waals surface area contributed by atoms with E-state index in [1.54, 1.807) is 6.33 Å². The Balaban J connectivity index is 1.38. The number of nitrogens with one attached hydrogen (secondary N) is 2. The van der Waals surface area contributed by atoms with Crippen molar-refractivity contribution in [1.29, 1.82) is 0 Å². The molecule has 140 valence electrons. The molecule has 0 aliphatic rings. The summed E-state index contributed by atoms with van der Waals surface area (Å²) in [7, 11) is 0. The highest BCUT2D eigenvalue weighted by Gasteiger charge is 2.18. The first kappa shape index (κ1) is 18.0. The van der Waals surface area contributed by atoms with Crippen LogP contribution in [0.1, 0.15) is 6.92 Å². The molecule has 2 aromatic carbocycles. The van der Waals surface area contributed by atoms with E-state index in [9.17, 15) is 4.79 Å². The van der Waals surface area contributed by atoms with Crippen LogP contribution < -0.4 is 10.1 Å². The van der Waals surface area contributed by atoms with Gasteiger partial charge in [-0.15, -0.1) is 0 Å². The lowest BCUT2D eigenvalue weighted by atomic mass is 10.3. The fraction of sp³-hybridized carbons (Fsp3) is 0.100. The number of thioether (sulfide) groups is 1. The van der Waals surface area contributed by atoms with Gasteiger partial charge in [0.2, 0.25) is 5.91 Å². The number of aromatic nitrogens is 4. The predicted molar refractivity (Wildman–Crippen MR) is 109 cm³/mol. The Hall–Kier alpha value is -3.39. The molecule has 0 aliphatic carbocycles. The molecule has 4 aromatic rings. The van der Waals surface area contributed by atoms with Crippen molar-refractivity contribution >= 4 is 34.5 Å². The number of rotatable bonds is 6. The predicted octanol–water partition coefficient (Wildman–Crippen LogP) is 4.26. The van der Waals surface area contributed by atoms with E-state index < -0.39 is 0 Å². The van der Waals surface area contributed by atoms with Gasteiger partial charge in [-0.25, -0.2) is 15.0 Å². The summed E-state index contributed by atoms with van der Waals surface area (Å²) >= 11 is 1.35. The Morgan fingerprint density at radius 1 is 1.04 bits per heavy atom. The van der Waals surface area contributed by atoms with Crippen LogP contribution in [0.4, 0.5) is 5.69 Å². The highest BCUT2D eigenvalue weighted by atomic mass is 32.2. The number of hydrogen-bond donors (Lipinski definition) is 2. The van der Waals surface area contributed by atoms with Crippen LogP contribution >= 0.6 is 11.8 Å². The number of H-pyrrole nitrogens is 1. The second kappa shape index (κ2) is 8.10. The van der Waals surface area contributed by atoms with Gasteiger partial charge in [0.15, 0.2) is 5.65 Å². The SMILES string of the molecule is C[C@@H](Sc1ncnc2nc[nH]c12)C(=O)Nc1ccc(Oc2ccccc2)cc1. The van der Waals surface area contributed by atoms with Gasteiger partial charge in [0, 0.05) is 5.69 Å². The van der Waals surface area contributed by atoms with Crippen LogP contribution in [0.3, 0.4) is 0 Å². The number of aromatic amines is 1. The zero-order chi connectivity index (χ0) is 19.3. The Labute approximate surface area is 165 Å². The summed E-state index contributed by atoms with van der Waals surface area (Å²) in [6, 6.07) is 16.8. The number of carbonyl (C=O) groups is 1. The molecule has 2 aromatic heterocycles. The first-order valence-corrected chi connectivity index (χ1v) is 9.51. The lowest BCUT2D eigenvalue weighted by Gasteiger charge is -2.12. The minimum absolute atomic E-state index is 0.118. The molecule has 0 spiro atoms. The van der Waals surface area contributed by atoms with Gasteiger partial charge in [-0.05, 0) is 43.3 Å². The van der Waals surface area contributed by atoms with Gasteiger partial charge >= 0.3 is 0 Å². The Morgan fingerprint density at radius 2 is 1.79 bits per heavy atom. The molecule has 4 rings (SSSR count). The lowest BCUT2D eigenvalue weighted by molar-refractivity contribution is -0.115. The number of nitrogens with zero attached hydrogens (tertiary/aromatic N) is 3. The van der Waals surface area contributed by atoms with Gasteiger partial charge in [-0.2, -0.15) is 0 Å². The van der Waals surface area contributed by atoms with Crippen LogP contribution in [0.2, 0.25) is 0 Å². The molecule has 2 heterocycles. The maximum atomic E-state index is 12.5. The van der Waals surface area contributed by atoms with Crippen molar-refractivity contribution < 1.29 is 9.53 Å². The average Bonchev–Trinajstić information content (AvgIpc) is 3.20. The van der Waals surface area contributed by atoms with Crippen molar-refractivity contribution in [3.05, 3.63) is 67.3 Å². The summed E-state index contributed by atoms with van der Waals surface area (Å²) in [5, 5.41) is 3.26. The van der Waals surface area contributed by atoms with E-state index >= 15 is 0 Å². The molecule has 0 fully saturated rings. The molecule has 1 atom stereocenters. The highest BCUT2D eigenvalue weighted by Crippen LogP contribution is 2.27. The topological polar surface area (TPSA) is 92.8 Å². The van der Waals surface area contributed by atoms with Gasteiger partial charge in [-0.1, -0.05) is 30.0 Å². The Bertz CT molecular complexity index is 1080. The summed E-state index contributed by atoms with van der Waals surface area (Å²) in [5.41, 5.74) is 2.01. The highest BCUT2D eigenvalue weighted by molar-refractivity contribution is 8.00. The van der Waals surface area contributed by atoms with Crippen LogP contribution in [0, 0.1) is 0 Å². The normalized spacial score (nSPS) is 11.9. The van der Waals surface area contributed by atoms with Crippen molar-refractivity contribution in [3.8, 4) is 11.5 Å². The Kier molecular flexibility index (Phi) is 5.20. The molecule has 0 bridgehead atoms. The van der Waals surface area contributed by atoms with E-state index in [1.165, 1.54) is 18.1 Å². The molecular formula is C20H17N5O2S. The molecule has 0 unspecified atom stereocenters. The minimum atomic E-state index is -0.346. The van der Waals surface area contributed by atoms with E-state index in [1.807, 2.05) is 61.5 Å². The van der Waals surface area contributed by atoms with Crippen LogP contribution in [-0.4, -0.2) is 31.1 Å². The number of hydrogen-bond acceptors (Lipinski definition) is 6. The number of benzene rings is 2. The first-order chi connectivity index (χ1) is 13.7. The maximum Gasteiger partial charge on any atom is 0.237 e. The van der Waals surface area contributed by atoms with Gasteiger partial charge < -0.3 is 15.0 Å². The molecule has 0 saturated carbocycles. The molecule has 0 saturated heterocycles. The molecule has 2 N–H and O–H groups in total. The zero-order valence-corrected chi connectivity index (χ0v) is 15.8. The number of carbonyl (C=O) groups excluding carboxylic acids is 1. The summed E-state index contributed by atoms with van der Waals surface area (Å²) in [6.45, 7) is 1.83. The van der Waals surface area contributed by atoms with Crippen molar-refractivity contribution in [2.45, 2.75) is 17.2 Å². The number of anilines is 1. The van der Waals surface area contributed by atoms with E-state index in [0.717, 1.165) is 11.3 Å². The van der Waals surface area contributed by atoms with Crippen LogP contribution in [0.25, 0.3) is 11.2 Å². The third-order valence-electron chi connectivity index (χ3n) is 3.95. The van der Waals surface area contributed by atoms with E-state index in [-0.39, 0.29) is 11.2 Å². The molecule has 7 nitrogen and oxygen atoms in total. The monoisotopic (exact) mass is 391 g/mol. The van der Waals surface area contributed by atoms with E-state index in [0.29, 0.717) is 22.1 Å². The Morgan fingerprint density at radius 3 is 2.57 bits per heavy atom. The summed E-state index contributed by atoms with van der Waals surface area (Å²) in [6.07, 6.45) is 3.01. The molecule has 28 heavy (non-hydrogen) atoms. The summed E-state index contributed by atoms with van der Waals surface area (Å²) < 4.78 is 5.76. The van der Waals surface area contributed by atoms with Crippen molar-refractivity contribution in [2.24, 2.45) is 0 Å². The largest absolute Gasteiger partial charge is 0.457 e. The second-order valence-electron chi connectivity index (χ2n) is 5.97. The fourth-order valence-electron chi connectivity index (χ4n) is 2.53. The van der Waals surface area contributed by atoms with E-state index in [2.05, 4.69) is 25.3 Å². The van der Waals surface area contributed by atoms with Gasteiger partial charge in [0.05, 0.1) is 11.6 Å². The first-order valence-electron chi connectivity index (χ1n) is 8.63. The van der Waals surface area contributed by atoms with Gasteiger partial charge in [0.1, 0.15) is 28.4 Å². The standard InChI is InChI=1S/C20H17N5O2S/c1-13(28-20-17-18(22-11-21-17)23-12-24-20)19(26)25-14-7-9-16(10-8-14)27-15-5-3-2-4-6-15/h2-13H,1H3,(H,25,26)(H,21,22,23,24)/t13-/m1/s1. The average molecular weight is 391 g/mol. The fourth-order valence-corrected chi connectivity index (χ4v) is 3.40. The van der Waals surface area contributed by atoms with Crippen LogP contribution in [-0.2, 0) is 4.79 Å². The van der Waals surface area contributed by atoms with Crippen molar-refractivity contribution in [2.75, 3.05) is 5.32 Å². The van der Waals surface area contributed by atoms with Gasteiger partial charge in [0.25, 0.3) is 0 Å². The van der Waals surface area contributed by atoms with E-state index in [4.69, 9.17) is 4.74 Å². The molecular weight excluding hydrogens is 374 g/mol. The lowest BCUT2D eigenvalue weighted by Crippen LogP contribution is -2.22. The summed E-state index contributed by atoms with van der Waals surface area (Å²) in [4.78, 5) is 28.0. The number of fused-ring (bicyclic) bond motifs is 1. The molecule has 8 heteroatoms. The molecule has 0 aliphatic heterocycles. The molecule has 0 radical (unpaired) electrons. The van der Waals surface area contributed by atoms with Crippen molar-refractivity contribution in [3.63, 3.8) is 0 Å². The third-order valence-corrected chi connectivity index (χ3v) is 5.05. The van der Waals surface area contributed by atoms with Crippen LogP contribution in [0.15, 0.2) is 72.3 Å². The number of amides is 1. The van der Waals surface area contributed by atoms with Crippen LogP contribution in [0.5, 0.6) is 11.5 Å². The summed E-state index contributed by atoms with van der Waals surface area (Å²) in [5.74, 6) is 1.35. The number of ether oxygens (including phenoxy) is 1.